The number of hydrogen-bond acceptors (Lipinski definition) is 7. The third-order valence-corrected chi connectivity index (χ3v) is 3.43. The van der Waals surface area contributed by atoms with Crippen molar-refractivity contribution in [2.24, 2.45) is 5.73 Å². The standard InChI is InChI=1S/C12H21N3O7/c1-5(17)9(14-10(19)7(13)4-16)11(20)15-3-6(18)2-8(15)12(21)22/h5-9,16-18H,2-4,13H2,1H3,(H,14,19)(H,21,22)/t5-,6-,7+,8+,9+/m1/s1. The predicted molar refractivity (Wildman–Crippen MR) is 72.4 cm³/mol. The molecule has 2 amide bonds. The Kier molecular flexibility index (Phi) is 6.23. The minimum atomic E-state index is -1.42. The number of aliphatic carboxylic acids is 1. The molecular formula is C12H21N3O7. The minimum Gasteiger partial charge on any atom is -0.480 e. The molecule has 0 aromatic carbocycles. The highest BCUT2D eigenvalue weighted by Crippen LogP contribution is 2.20. The molecule has 0 bridgehead atoms. The van der Waals surface area contributed by atoms with Crippen LogP contribution in [0, 0.1) is 0 Å². The molecule has 0 spiro atoms. The van der Waals surface area contributed by atoms with Crippen molar-refractivity contribution in [2.75, 3.05) is 13.2 Å². The number of nitrogens with one attached hydrogen (secondary N) is 1. The van der Waals surface area contributed by atoms with Crippen molar-refractivity contribution in [1.82, 2.24) is 10.2 Å². The molecule has 22 heavy (non-hydrogen) atoms. The first-order chi connectivity index (χ1) is 10.2. The van der Waals surface area contributed by atoms with E-state index in [1.54, 1.807) is 0 Å². The number of carbonyl (C=O) groups is 3. The fourth-order valence-corrected chi connectivity index (χ4v) is 2.20. The van der Waals surface area contributed by atoms with Gasteiger partial charge in [-0.3, -0.25) is 9.59 Å². The van der Waals surface area contributed by atoms with Crippen LogP contribution in [0.1, 0.15) is 13.3 Å². The Balaban J connectivity index is 2.89. The van der Waals surface area contributed by atoms with Crippen molar-refractivity contribution >= 4 is 17.8 Å². The van der Waals surface area contributed by atoms with Gasteiger partial charge in [-0.2, -0.15) is 0 Å². The van der Waals surface area contributed by atoms with E-state index in [0.29, 0.717) is 0 Å². The molecule has 1 heterocycles. The molecule has 1 aliphatic rings. The maximum absolute atomic E-state index is 12.4. The summed E-state index contributed by atoms with van der Waals surface area (Å²) < 4.78 is 0. The number of carboxylic acid groups (broad SMARTS) is 1. The van der Waals surface area contributed by atoms with E-state index >= 15 is 0 Å². The van der Waals surface area contributed by atoms with Gasteiger partial charge in [0.1, 0.15) is 18.1 Å². The summed E-state index contributed by atoms with van der Waals surface area (Å²) in [5.41, 5.74) is 5.31. The maximum atomic E-state index is 12.4. The summed E-state index contributed by atoms with van der Waals surface area (Å²) in [6.07, 6.45) is -2.43. The van der Waals surface area contributed by atoms with Crippen LogP contribution in [0.25, 0.3) is 0 Å². The second kappa shape index (κ2) is 7.49. The number of likely N-dealkylation sites (tertiary alicyclic amines) is 1. The molecule has 0 radical (unpaired) electrons. The fraction of sp³-hybridized carbons (Fsp3) is 0.750. The number of nitrogens with two attached hydrogens (primary N) is 1. The Bertz CT molecular complexity index is 442. The summed E-state index contributed by atoms with van der Waals surface area (Å²) in [6.45, 7) is 0.392. The number of carbonyl (C=O) groups excluding carboxylic acids is 2. The molecule has 1 fully saturated rings. The SMILES string of the molecule is C[C@@H](O)[C@H](NC(=O)[C@@H](N)CO)C(=O)N1C[C@H](O)C[C@H]1C(=O)O. The lowest BCUT2D eigenvalue weighted by atomic mass is 10.1. The van der Waals surface area contributed by atoms with Gasteiger partial charge in [-0.05, 0) is 6.92 Å². The highest BCUT2D eigenvalue weighted by Gasteiger charge is 2.42. The molecule has 0 unspecified atom stereocenters. The number of carboxylic acids is 1. The summed E-state index contributed by atoms with van der Waals surface area (Å²) in [5, 5.41) is 39.2. The average Bonchev–Trinajstić information content (AvgIpc) is 2.84. The van der Waals surface area contributed by atoms with Crippen LogP contribution < -0.4 is 11.1 Å². The second-order valence-electron chi connectivity index (χ2n) is 5.25. The van der Waals surface area contributed by atoms with Gasteiger partial charge in [0.2, 0.25) is 11.8 Å². The summed E-state index contributed by atoms with van der Waals surface area (Å²) in [5.74, 6) is -2.97. The van der Waals surface area contributed by atoms with Crippen LogP contribution in [0.4, 0.5) is 0 Å². The third kappa shape index (κ3) is 4.13. The van der Waals surface area contributed by atoms with E-state index in [0.717, 1.165) is 4.90 Å². The Labute approximate surface area is 126 Å². The fourth-order valence-electron chi connectivity index (χ4n) is 2.20. The monoisotopic (exact) mass is 319 g/mol. The number of nitrogens with zero attached hydrogens (tertiary/aromatic N) is 1. The molecule has 0 aliphatic carbocycles. The van der Waals surface area contributed by atoms with Crippen molar-refractivity contribution in [3.63, 3.8) is 0 Å². The van der Waals surface area contributed by atoms with E-state index < -0.39 is 54.7 Å². The van der Waals surface area contributed by atoms with E-state index in [4.69, 9.17) is 15.9 Å². The normalized spacial score (nSPS) is 25.4. The lowest BCUT2D eigenvalue weighted by Gasteiger charge is -2.29. The number of aliphatic hydroxyl groups excluding tert-OH is 3. The zero-order chi connectivity index (χ0) is 17.0. The van der Waals surface area contributed by atoms with E-state index in [2.05, 4.69) is 5.32 Å². The summed E-state index contributed by atoms with van der Waals surface area (Å²) in [6, 6.07) is -3.92. The molecule has 0 aromatic rings. The lowest BCUT2D eigenvalue weighted by Crippen LogP contribution is -2.58. The van der Waals surface area contributed by atoms with Crippen LogP contribution in [0.15, 0.2) is 0 Å². The van der Waals surface area contributed by atoms with E-state index in [-0.39, 0.29) is 13.0 Å². The molecule has 10 heteroatoms. The highest BCUT2D eigenvalue weighted by atomic mass is 16.4. The Morgan fingerprint density at radius 1 is 1.41 bits per heavy atom. The highest BCUT2D eigenvalue weighted by molar-refractivity contribution is 5.92. The zero-order valence-corrected chi connectivity index (χ0v) is 12.0. The molecule has 126 valence electrons. The van der Waals surface area contributed by atoms with Crippen LogP contribution in [-0.2, 0) is 14.4 Å². The van der Waals surface area contributed by atoms with Gasteiger partial charge >= 0.3 is 5.97 Å². The third-order valence-electron chi connectivity index (χ3n) is 3.43. The molecule has 0 saturated carbocycles. The lowest BCUT2D eigenvalue weighted by molar-refractivity contribution is -0.150. The van der Waals surface area contributed by atoms with Crippen molar-refractivity contribution in [2.45, 2.75) is 43.7 Å². The number of amides is 2. The smallest absolute Gasteiger partial charge is 0.326 e. The predicted octanol–water partition coefficient (Wildman–Crippen LogP) is -3.78. The van der Waals surface area contributed by atoms with Crippen LogP contribution in [0.2, 0.25) is 0 Å². The number of rotatable bonds is 6. The Morgan fingerprint density at radius 3 is 2.45 bits per heavy atom. The Morgan fingerprint density at radius 2 is 2.00 bits per heavy atom. The van der Waals surface area contributed by atoms with Crippen molar-refractivity contribution < 1.29 is 34.8 Å². The minimum absolute atomic E-state index is 0.127. The van der Waals surface area contributed by atoms with Crippen molar-refractivity contribution in [1.29, 1.82) is 0 Å². The summed E-state index contributed by atoms with van der Waals surface area (Å²) >= 11 is 0. The molecule has 0 aromatic heterocycles. The first-order valence-corrected chi connectivity index (χ1v) is 6.75. The van der Waals surface area contributed by atoms with Gasteiger partial charge in [0.15, 0.2) is 0 Å². The number of hydrogen-bond donors (Lipinski definition) is 6. The average molecular weight is 319 g/mol. The maximum Gasteiger partial charge on any atom is 0.326 e. The van der Waals surface area contributed by atoms with Gasteiger partial charge in [-0.15, -0.1) is 0 Å². The van der Waals surface area contributed by atoms with Gasteiger partial charge < -0.3 is 36.4 Å². The van der Waals surface area contributed by atoms with E-state index in [1.807, 2.05) is 0 Å². The number of aliphatic hydroxyl groups is 3. The first kappa shape index (κ1) is 18.3. The first-order valence-electron chi connectivity index (χ1n) is 6.75. The molecule has 10 nitrogen and oxygen atoms in total. The molecule has 1 rings (SSSR count). The van der Waals surface area contributed by atoms with Gasteiger partial charge in [-0.25, -0.2) is 4.79 Å². The zero-order valence-electron chi connectivity index (χ0n) is 12.0. The van der Waals surface area contributed by atoms with E-state index in [1.165, 1.54) is 6.92 Å². The molecule has 1 aliphatic heterocycles. The molecule has 1 saturated heterocycles. The van der Waals surface area contributed by atoms with Crippen LogP contribution in [0.3, 0.4) is 0 Å². The van der Waals surface area contributed by atoms with Crippen molar-refractivity contribution in [3.8, 4) is 0 Å². The molecule has 5 atom stereocenters. The number of β-amino-alcohol motifs (C(OH)–C–C–N with tert-alkyl or cyclic N) is 1. The van der Waals surface area contributed by atoms with Crippen LogP contribution in [-0.4, -0.2) is 86.6 Å². The topological polar surface area (TPSA) is 173 Å². The summed E-state index contributed by atoms with van der Waals surface area (Å²) in [7, 11) is 0. The van der Waals surface area contributed by atoms with Gasteiger partial charge in [-0.1, -0.05) is 0 Å². The molecular weight excluding hydrogens is 298 g/mol. The largest absolute Gasteiger partial charge is 0.480 e. The van der Waals surface area contributed by atoms with Gasteiger partial charge in [0, 0.05) is 13.0 Å². The second-order valence-corrected chi connectivity index (χ2v) is 5.25. The summed E-state index contributed by atoms with van der Waals surface area (Å²) in [4.78, 5) is 36.0. The van der Waals surface area contributed by atoms with Gasteiger partial charge in [0.25, 0.3) is 0 Å². The molecule has 7 N–H and O–H groups in total. The van der Waals surface area contributed by atoms with Crippen LogP contribution >= 0.6 is 0 Å². The van der Waals surface area contributed by atoms with E-state index in [9.17, 15) is 24.6 Å². The van der Waals surface area contributed by atoms with Gasteiger partial charge in [0.05, 0.1) is 18.8 Å². The Hall–Kier alpha value is -1.75. The van der Waals surface area contributed by atoms with Crippen LogP contribution in [0.5, 0.6) is 0 Å². The van der Waals surface area contributed by atoms with Crippen molar-refractivity contribution in [3.05, 3.63) is 0 Å². The quantitative estimate of drug-likeness (QED) is 0.289.